The molecule has 0 fully saturated rings. The number of ether oxygens (including phenoxy) is 2. The first kappa shape index (κ1) is 19.0. The fourth-order valence-electron chi connectivity index (χ4n) is 2.63. The first-order valence-corrected chi connectivity index (χ1v) is 8.18. The van der Waals surface area contributed by atoms with Gasteiger partial charge in [0.2, 0.25) is 0 Å². The Kier molecular flexibility index (Phi) is 5.30. The lowest BCUT2D eigenvalue weighted by Gasteiger charge is -2.10. The van der Waals surface area contributed by atoms with Gasteiger partial charge in [0.15, 0.2) is 11.6 Å². The van der Waals surface area contributed by atoms with Gasteiger partial charge in [0.1, 0.15) is 11.5 Å². The lowest BCUT2D eigenvalue weighted by molar-refractivity contribution is 0.102. The monoisotopic (exact) mass is 384 g/mol. The van der Waals surface area contributed by atoms with E-state index in [4.69, 9.17) is 9.47 Å². The number of pyridine rings is 1. The number of hydrogen-bond acceptors (Lipinski definition) is 5. The quantitative estimate of drug-likeness (QED) is 0.627. The van der Waals surface area contributed by atoms with Crippen LogP contribution in [0, 0.1) is 5.82 Å². The van der Waals surface area contributed by atoms with E-state index in [1.54, 1.807) is 0 Å². The number of phenols is 1. The zero-order valence-corrected chi connectivity index (χ0v) is 15.1. The molecule has 2 aromatic carbocycles. The van der Waals surface area contributed by atoms with Gasteiger partial charge in [-0.3, -0.25) is 9.59 Å². The number of carbonyl (C=O) groups excluding carboxylic acids is 1. The first-order chi connectivity index (χ1) is 13.4. The first-order valence-electron chi connectivity index (χ1n) is 8.18. The van der Waals surface area contributed by atoms with Gasteiger partial charge in [-0.1, -0.05) is 6.07 Å². The van der Waals surface area contributed by atoms with Gasteiger partial charge in [0.25, 0.3) is 11.5 Å². The van der Waals surface area contributed by atoms with Gasteiger partial charge in [-0.15, -0.1) is 0 Å². The number of rotatable bonds is 5. The molecule has 1 amide bonds. The number of aromatic hydroxyl groups is 1. The maximum atomic E-state index is 14.0. The molecule has 0 radical (unpaired) electrons. The summed E-state index contributed by atoms with van der Waals surface area (Å²) >= 11 is 0. The Hall–Kier alpha value is -3.81. The van der Waals surface area contributed by atoms with Crippen LogP contribution in [0.25, 0.3) is 11.1 Å². The van der Waals surface area contributed by atoms with E-state index in [0.717, 1.165) is 0 Å². The number of halogens is 1. The highest BCUT2D eigenvalue weighted by atomic mass is 19.1. The van der Waals surface area contributed by atoms with E-state index in [2.05, 4.69) is 10.3 Å². The molecule has 0 aliphatic carbocycles. The van der Waals surface area contributed by atoms with Crippen molar-refractivity contribution in [1.82, 2.24) is 4.98 Å². The third-order valence-electron chi connectivity index (χ3n) is 4.07. The van der Waals surface area contributed by atoms with E-state index in [-0.39, 0.29) is 28.3 Å². The van der Waals surface area contributed by atoms with Gasteiger partial charge in [0.05, 0.1) is 25.5 Å². The maximum Gasteiger partial charge on any atom is 0.259 e. The summed E-state index contributed by atoms with van der Waals surface area (Å²) in [6.07, 6.45) is 1.31. The second-order valence-corrected chi connectivity index (χ2v) is 5.82. The van der Waals surface area contributed by atoms with Crippen LogP contribution in [0.1, 0.15) is 10.4 Å². The van der Waals surface area contributed by atoms with E-state index in [1.165, 1.54) is 62.9 Å². The van der Waals surface area contributed by atoms with Crippen LogP contribution < -0.4 is 20.3 Å². The van der Waals surface area contributed by atoms with Crippen molar-refractivity contribution in [2.45, 2.75) is 0 Å². The van der Waals surface area contributed by atoms with Gasteiger partial charge in [0, 0.05) is 17.8 Å². The van der Waals surface area contributed by atoms with Crippen molar-refractivity contribution >= 4 is 11.6 Å². The van der Waals surface area contributed by atoms with E-state index >= 15 is 0 Å². The normalized spacial score (nSPS) is 10.4. The molecular formula is C20H17FN2O5. The number of benzene rings is 2. The van der Waals surface area contributed by atoms with Gasteiger partial charge in [-0.25, -0.2) is 4.39 Å². The van der Waals surface area contributed by atoms with Crippen molar-refractivity contribution in [2.75, 3.05) is 19.5 Å². The summed E-state index contributed by atoms with van der Waals surface area (Å²) in [4.78, 5) is 27.1. The number of H-pyrrole nitrogens is 1. The zero-order valence-electron chi connectivity index (χ0n) is 15.1. The predicted octanol–water partition coefficient (Wildman–Crippen LogP) is 3.16. The third kappa shape index (κ3) is 3.80. The average Bonchev–Trinajstić information content (AvgIpc) is 2.69. The van der Waals surface area contributed by atoms with Gasteiger partial charge in [-0.05, 0) is 35.9 Å². The number of methoxy groups -OCH3 is 2. The summed E-state index contributed by atoms with van der Waals surface area (Å²) in [6, 6.07) is 9.79. The molecule has 0 aliphatic heterocycles. The topological polar surface area (TPSA) is 101 Å². The van der Waals surface area contributed by atoms with Crippen LogP contribution >= 0.6 is 0 Å². The molecule has 0 saturated carbocycles. The molecule has 0 unspecified atom stereocenters. The Morgan fingerprint density at radius 2 is 1.89 bits per heavy atom. The molecule has 28 heavy (non-hydrogen) atoms. The SMILES string of the molecule is COc1ccc(C(=O)Nc2c[nH]c(=O)c(-c3ccc(OC)c(F)c3)c2)c(O)c1. The number of carbonyl (C=O) groups is 1. The van der Waals surface area contributed by atoms with E-state index < -0.39 is 17.3 Å². The molecule has 3 N–H and O–H groups in total. The van der Waals surface area contributed by atoms with Crippen molar-refractivity contribution in [1.29, 1.82) is 0 Å². The number of anilines is 1. The standard InChI is InChI=1S/C20H17FN2O5/c1-27-13-4-5-14(17(24)9-13)20(26)23-12-8-15(19(25)22-10-12)11-3-6-18(28-2)16(21)7-11/h3-10,24H,1-2H3,(H,22,25)(H,23,26). The highest BCUT2D eigenvalue weighted by Gasteiger charge is 2.14. The summed E-state index contributed by atoms with van der Waals surface area (Å²) in [5, 5.41) is 12.6. The summed E-state index contributed by atoms with van der Waals surface area (Å²) in [6.45, 7) is 0. The number of amides is 1. The predicted molar refractivity (Wildman–Crippen MR) is 102 cm³/mol. The van der Waals surface area contributed by atoms with Crippen molar-refractivity contribution in [2.24, 2.45) is 0 Å². The summed E-state index contributed by atoms with van der Waals surface area (Å²) in [7, 11) is 2.79. The average molecular weight is 384 g/mol. The molecule has 0 saturated heterocycles. The van der Waals surface area contributed by atoms with Crippen molar-refractivity contribution in [3.05, 3.63) is 70.4 Å². The van der Waals surface area contributed by atoms with Crippen LogP contribution in [0.4, 0.5) is 10.1 Å². The molecule has 1 aromatic heterocycles. The smallest absolute Gasteiger partial charge is 0.259 e. The molecule has 7 nitrogen and oxygen atoms in total. The second-order valence-electron chi connectivity index (χ2n) is 5.82. The van der Waals surface area contributed by atoms with E-state index in [0.29, 0.717) is 11.3 Å². The number of nitrogens with one attached hydrogen (secondary N) is 2. The van der Waals surface area contributed by atoms with Crippen LogP contribution in [0.3, 0.4) is 0 Å². The molecule has 0 bridgehead atoms. The summed E-state index contributed by atoms with van der Waals surface area (Å²) in [5.74, 6) is -0.990. The van der Waals surface area contributed by atoms with Crippen LogP contribution in [0.2, 0.25) is 0 Å². The Balaban J connectivity index is 1.90. The van der Waals surface area contributed by atoms with Gasteiger partial charge < -0.3 is 24.9 Å². The maximum absolute atomic E-state index is 14.0. The van der Waals surface area contributed by atoms with Crippen molar-refractivity contribution in [3.8, 4) is 28.4 Å². The zero-order chi connectivity index (χ0) is 20.3. The minimum Gasteiger partial charge on any atom is -0.507 e. The van der Waals surface area contributed by atoms with Gasteiger partial charge >= 0.3 is 0 Å². The molecule has 144 valence electrons. The van der Waals surface area contributed by atoms with E-state index in [9.17, 15) is 19.1 Å². The lowest BCUT2D eigenvalue weighted by atomic mass is 10.1. The highest BCUT2D eigenvalue weighted by Crippen LogP contribution is 2.26. The molecule has 8 heteroatoms. The van der Waals surface area contributed by atoms with Gasteiger partial charge in [-0.2, -0.15) is 0 Å². The number of aromatic nitrogens is 1. The van der Waals surface area contributed by atoms with Crippen LogP contribution in [-0.4, -0.2) is 30.2 Å². The third-order valence-corrected chi connectivity index (χ3v) is 4.07. The van der Waals surface area contributed by atoms with Crippen LogP contribution in [0.15, 0.2) is 53.5 Å². The number of hydrogen-bond donors (Lipinski definition) is 3. The molecule has 0 aliphatic rings. The molecule has 0 atom stereocenters. The largest absolute Gasteiger partial charge is 0.507 e. The molecule has 0 spiro atoms. The van der Waals surface area contributed by atoms with Crippen molar-refractivity contribution < 1.29 is 23.8 Å². The van der Waals surface area contributed by atoms with E-state index in [1.807, 2.05) is 0 Å². The molecular weight excluding hydrogens is 367 g/mol. The molecule has 1 heterocycles. The Morgan fingerprint density at radius 3 is 2.54 bits per heavy atom. The summed E-state index contributed by atoms with van der Waals surface area (Å²) < 4.78 is 23.8. The second kappa shape index (κ2) is 7.83. The number of aromatic amines is 1. The van der Waals surface area contributed by atoms with Crippen LogP contribution in [0.5, 0.6) is 17.2 Å². The Morgan fingerprint density at radius 1 is 1.11 bits per heavy atom. The highest BCUT2D eigenvalue weighted by molar-refractivity contribution is 6.06. The minimum atomic E-state index is -0.614. The van der Waals surface area contributed by atoms with Crippen molar-refractivity contribution in [3.63, 3.8) is 0 Å². The fourth-order valence-corrected chi connectivity index (χ4v) is 2.63. The fraction of sp³-hybridized carbons (Fsp3) is 0.100. The lowest BCUT2D eigenvalue weighted by Crippen LogP contribution is -2.15. The molecule has 3 rings (SSSR count). The summed E-state index contributed by atoms with van der Waals surface area (Å²) in [5.41, 5.74) is 0.339. The minimum absolute atomic E-state index is 0.0315. The van der Waals surface area contributed by atoms with Crippen LogP contribution in [-0.2, 0) is 0 Å². The molecule has 3 aromatic rings. The Bertz CT molecular complexity index is 1090. The number of phenolic OH excluding ortho intramolecular Hbond substituents is 1. The Labute approximate surface area is 159 Å².